The monoisotopic (exact) mass is 846 g/mol. The van der Waals surface area contributed by atoms with Crippen molar-refractivity contribution in [2.45, 2.75) is 31.8 Å². The van der Waals surface area contributed by atoms with E-state index in [0.29, 0.717) is 21.6 Å². The highest BCUT2D eigenvalue weighted by Gasteiger charge is 2.23. The summed E-state index contributed by atoms with van der Waals surface area (Å²) in [6.45, 7) is -1.09. The van der Waals surface area contributed by atoms with Crippen molar-refractivity contribution in [3.8, 4) is 0 Å². The molecule has 288 valence electrons. The summed E-state index contributed by atoms with van der Waals surface area (Å²) in [5.74, 6) is -2.08. The fraction of sp³-hybridized carbons (Fsp3) is 0.294. The zero-order valence-corrected chi connectivity index (χ0v) is 33.0. The molecular weight excluding hydrogens is 809 g/mol. The molecule has 0 amide bonds. The summed E-state index contributed by atoms with van der Waals surface area (Å²) in [5, 5.41) is 0. The minimum absolute atomic E-state index is 0.0552. The molecule has 0 saturated carbocycles. The summed E-state index contributed by atoms with van der Waals surface area (Å²) >= 11 is 0. The first kappa shape index (κ1) is 42.9. The predicted molar refractivity (Wildman–Crippen MR) is 202 cm³/mol. The molecule has 0 aromatic heterocycles. The second kappa shape index (κ2) is 20.7. The van der Waals surface area contributed by atoms with Gasteiger partial charge in [0.1, 0.15) is 24.1 Å². The SMILES string of the molecule is O=S(=O)(COCC(COCC(COCS(=O)(=O)c1ccccc1)OCSS(=O)(=O)c1ccccc1)OCSS(=O)(=O)c1ccccc1)c1ccccc1. The lowest BCUT2D eigenvalue weighted by molar-refractivity contribution is -0.0761. The van der Waals surface area contributed by atoms with E-state index >= 15 is 0 Å². The van der Waals surface area contributed by atoms with Gasteiger partial charge in [-0.2, -0.15) is 0 Å². The van der Waals surface area contributed by atoms with Gasteiger partial charge in [0, 0.05) is 21.6 Å². The number of sulfone groups is 2. The van der Waals surface area contributed by atoms with Crippen LogP contribution in [0.1, 0.15) is 0 Å². The van der Waals surface area contributed by atoms with Crippen LogP contribution in [0.5, 0.6) is 0 Å². The van der Waals surface area contributed by atoms with Gasteiger partial charge in [-0.15, -0.1) is 0 Å². The molecule has 0 aliphatic rings. The van der Waals surface area contributed by atoms with E-state index in [4.69, 9.17) is 23.7 Å². The molecule has 53 heavy (non-hydrogen) atoms. The second-order valence-electron chi connectivity index (χ2n) is 11.0. The Kier molecular flexibility index (Phi) is 16.8. The average molecular weight is 847 g/mol. The van der Waals surface area contributed by atoms with E-state index in [1.54, 1.807) is 72.8 Å². The van der Waals surface area contributed by atoms with Crippen LogP contribution in [-0.2, 0) is 61.1 Å². The van der Waals surface area contributed by atoms with E-state index in [1.165, 1.54) is 48.5 Å². The molecular formula is C34H38O13S6. The molecule has 4 aromatic rings. The average Bonchev–Trinajstić information content (AvgIpc) is 3.15. The van der Waals surface area contributed by atoms with E-state index in [0.717, 1.165) is 0 Å². The molecule has 2 unspecified atom stereocenters. The lowest BCUT2D eigenvalue weighted by Gasteiger charge is -2.21. The minimum Gasteiger partial charge on any atom is -0.376 e. The molecule has 19 heteroatoms. The van der Waals surface area contributed by atoms with Gasteiger partial charge < -0.3 is 23.7 Å². The number of benzene rings is 4. The summed E-state index contributed by atoms with van der Waals surface area (Å²) < 4.78 is 130. The summed E-state index contributed by atoms with van der Waals surface area (Å²) in [6.07, 6.45) is -1.93. The van der Waals surface area contributed by atoms with Crippen molar-refractivity contribution in [3.05, 3.63) is 121 Å². The van der Waals surface area contributed by atoms with E-state index in [2.05, 4.69) is 0 Å². The fourth-order valence-corrected chi connectivity index (χ4v) is 10.9. The standard InChI is InChI=1S/C34H38O13S6/c35-50(36,31-13-5-1-6-14-31)27-44-23-29(46-25-48-52(39,40)33-17-9-3-10-18-33)21-43-22-30(24-45-28-51(37,38)32-15-7-2-8-16-32)47-26-49-53(41,42)34-19-11-4-12-20-34/h1-20,29-30H,21-28H2. The third-order valence-corrected chi connectivity index (χ3v) is 16.3. The molecule has 0 aliphatic heterocycles. The van der Waals surface area contributed by atoms with Gasteiger partial charge in [0.05, 0.1) is 46.0 Å². The molecule has 0 bridgehead atoms. The summed E-state index contributed by atoms with van der Waals surface area (Å²) in [5.41, 5.74) is 0. The first-order valence-corrected chi connectivity index (χ1v) is 25.0. The molecule has 0 saturated heterocycles. The molecule has 0 fully saturated rings. The summed E-state index contributed by atoms with van der Waals surface area (Å²) in [7, 11) is -14.1. The Balaban J connectivity index is 1.39. The number of hydrogen-bond acceptors (Lipinski definition) is 15. The Morgan fingerprint density at radius 3 is 1.00 bits per heavy atom. The molecule has 0 heterocycles. The predicted octanol–water partition coefficient (Wildman–Crippen LogP) is 4.83. The van der Waals surface area contributed by atoms with Crippen molar-refractivity contribution in [1.29, 1.82) is 0 Å². The molecule has 4 aromatic carbocycles. The van der Waals surface area contributed by atoms with Gasteiger partial charge in [-0.05, 0) is 48.5 Å². The lowest BCUT2D eigenvalue weighted by Crippen LogP contribution is -2.32. The van der Waals surface area contributed by atoms with Gasteiger partial charge in [0.2, 0.25) is 37.4 Å². The van der Waals surface area contributed by atoms with E-state index in [1.807, 2.05) is 0 Å². The third kappa shape index (κ3) is 14.4. The van der Waals surface area contributed by atoms with Crippen molar-refractivity contribution in [2.24, 2.45) is 0 Å². The zero-order valence-electron chi connectivity index (χ0n) is 28.1. The molecule has 0 aliphatic carbocycles. The van der Waals surface area contributed by atoms with Crippen molar-refractivity contribution < 1.29 is 57.4 Å². The van der Waals surface area contributed by atoms with Gasteiger partial charge in [0.25, 0.3) is 0 Å². The van der Waals surface area contributed by atoms with Crippen LogP contribution in [0.25, 0.3) is 0 Å². The van der Waals surface area contributed by atoms with Crippen molar-refractivity contribution >= 4 is 59.0 Å². The van der Waals surface area contributed by atoms with Crippen LogP contribution in [0, 0.1) is 0 Å². The molecule has 0 radical (unpaired) electrons. The Labute approximate surface area is 317 Å². The van der Waals surface area contributed by atoms with Crippen molar-refractivity contribution in [1.82, 2.24) is 0 Å². The molecule has 0 spiro atoms. The molecule has 4 rings (SSSR count). The highest BCUT2D eigenvalue weighted by atomic mass is 33.1. The smallest absolute Gasteiger partial charge is 0.232 e. The van der Waals surface area contributed by atoms with Crippen LogP contribution in [-0.4, -0.2) is 96.1 Å². The van der Waals surface area contributed by atoms with Gasteiger partial charge >= 0.3 is 0 Å². The summed E-state index contributed by atoms with van der Waals surface area (Å²) in [4.78, 5) is 0.264. The first-order chi connectivity index (χ1) is 25.3. The highest BCUT2D eigenvalue weighted by molar-refractivity contribution is 8.72. The third-order valence-electron chi connectivity index (χ3n) is 6.97. The van der Waals surface area contributed by atoms with Gasteiger partial charge in [-0.25, -0.2) is 33.7 Å². The normalized spacial score (nSPS) is 13.7. The van der Waals surface area contributed by atoms with E-state index in [9.17, 15) is 33.7 Å². The van der Waals surface area contributed by atoms with Crippen molar-refractivity contribution in [2.75, 3.05) is 50.2 Å². The number of rotatable bonds is 24. The van der Waals surface area contributed by atoms with Crippen molar-refractivity contribution in [3.63, 3.8) is 0 Å². The summed E-state index contributed by atoms with van der Waals surface area (Å²) in [6, 6.07) is 30.8. The molecule has 2 atom stereocenters. The maximum absolute atomic E-state index is 12.8. The Morgan fingerprint density at radius 2 is 0.679 bits per heavy atom. The Hall–Kier alpha value is -2.82. The van der Waals surface area contributed by atoms with Crippen LogP contribution in [0.2, 0.25) is 0 Å². The van der Waals surface area contributed by atoms with Crippen LogP contribution in [0.3, 0.4) is 0 Å². The molecule has 0 N–H and O–H groups in total. The van der Waals surface area contributed by atoms with Crippen LogP contribution in [0.4, 0.5) is 0 Å². The lowest BCUT2D eigenvalue weighted by atomic mass is 10.4. The maximum Gasteiger partial charge on any atom is 0.232 e. The topological polar surface area (TPSA) is 183 Å². The van der Waals surface area contributed by atoms with Gasteiger partial charge in [-0.1, -0.05) is 72.8 Å². The van der Waals surface area contributed by atoms with E-state index < -0.39 is 61.5 Å². The van der Waals surface area contributed by atoms with Gasteiger partial charge in [-0.3, -0.25) is 0 Å². The zero-order chi connectivity index (χ0) is 38.2. The fourth-order valence-electron chi connectivity index (χ4n) is 4.27. The Morgan fingerprint density at radius 1 is 0.396 bits per heavy atom. The quantitative estimate of drug-likeness (QED) is 0.0690. The Bertz CT molecular complexity index is 1820. The maximum atomic E-state index is 12.8. The molecule has 13 nitrogen and oxygen atoms in total. The number of ether oxygens (including phenoxy) is 5. The van der Waals surface area contributed by atoms with E-state index in [-0.39, 0.29) is 57.9 Å². The van der Waals surface area contributed by atoms with Crippen LogP contribution in [0.15, 0.2) is 141 Å². The second-order valence-corrected chi connectivity index (χ2v) is 22.6. The van der Waals surface area contributed by atoms with Crippen LogP contribution >= 0.6 is 21.6 Å². The highest BCUT2D eigenvalue weighted by Crippen LogP contribution is 2.25. The van der Waals surface area contributed by atoms with Crippen LogP contribution < -0.4 is 0 Å². The largest absolute Gasteiger partial charge is 0.376 e. The van der Waals surface area contributed by atoms with Gasteiger partial charge in [0.15, 0.2) is 11.9 Å². The number of hydrogen-bond donors (Lipinski definition) is 0. The first-order valence-electron chi connectivity index (χ1n) is 15.7. The minimum atomic E-state index is -3.81.